The van der Waals surface area contributed by atoms with E-state index in [4.69, 9.17) is 0 Å². The van der Waals surface area contributed by atoms with Gasteiger partial charge in [-0.3, -0.25) is 0 Å². The molecule has 1 radical (unpaired) electrons. The lowest BCUT2D eigenvalue weighted by molar-refractivity contribution is 1.23. The first-order chi connectivity index (χ1) is 4.93. The molecule has 0 bridgehead atoms. The zero-order chi connectivity index (χ0) is 7.23. The molecule has 0 heterocycles. The molecule has 0 atom stereocenters. The predicted octanol–water partition coefficient (Wildman–Crippen LogP) is 1.83. The highest BCUT2D eigenvalue weighted by Gasteiger charge is 1.84. The Morgan fingerprint density at radius 3 is 3.10 bits per heavy atom. The molecule has 1 aromatic carbocycles. The van der Waals surface area contributed by atoms with Crippen molar-refractivity contribution in [3.63, 3.8) is 0 Å². The third-order valence-corrected chi connectivity index (χ3v) is 1.37. The van der Waals surface area contributed by atoms with Crippen molar-refractivity contribution >= 4 is 18.3 Å². The first kappa shape index (κ1) is 7.48. The fraction of sp³-hybridized carbons (Fsp3) is 0.250. The third-order valence-electron chi connectivity index (χ3n) is 1.15. The van der Waals surface area contributed by atoms with Crippen LogP contribution in [0.4, 0.5) is 5.69 Å². The maximum Gasteiger partial charge on any atom is 0.0346 e. The van der Waals surface area contributed by atoms with Crippen molar-refractivity contribution in [2.45, 2.75) is 0 Å². The summed E-state index contributed by atoms with van der Waals surface area (Å²) >= 11 is 4.08. The standard InChI is InChI=1S/C8H10NS/c10-7-6-9-8-4-2-1-3-5-8/h1-2,4-5,9-10H,6-7H2. The normalized spacial score (nSPS) is 9.30. The maximum atomic E-state index is 4.08. The molecule has 0 aliphatic rings. The monoisotopic (exact) mass is 152 g/mol. The number of benzene rings is 1. The van der Waals surface area contributed by atoms with Crippen LogP contribution in [0.25, 0.3) is 0 Å². The van der Waals surface area contributed by atoms with Crippen molar-refractivity contribution < 1.29 is 0 Å². The summed E-state index contributed by atoms with van der Waals surface area (Å²) in [4.78, 5) is 0. The van der Waals surface area contributed by atoms with Crippen molar-refractivity contribution in [3.8, 4) is 0 Å². The summed E-state index contributed by atoms with van der Waals surface area (Å²) in [5.41, 5.74) is 1.11. The van der Waals surface area contributed by atoms with Gasteiger partial charge in [-0.15, -0.1) is 0 Å². The van der Waals surface area contributed by atoms with Crippen molar-refractivity contribution in [2.75, 3.05) is 17.6 Å². The van der Waals surface area contributed by atoms with E-state index in [1.165, 1.54) is 0 Å². The molecule has 0 aliphatic heterocycles. The maximum absolute atomic E-state index is 4.08. The van der Waals surface area contributed by atoms with Crippen molar-refractivity contribution in [1.29, 1.82) is 0 Å². The van der Waals surface area contributed by atoms with E-state index < -0.39 is 0 Å². The Labute approximate surface area is 66.9 Å². The first-order valence-electron chi connectivity index (χ1n) is 3.24. The Morgan fingerprint density at radius 1 is 1.60 bits per heavy atom. The minimum absolute atomic E-state index is 0.856. The van der Waals surface area contributed by atoms with E-state index >= 15 is 0 Å². The highest BCUT2D eigenvalue weighted by atomic mass is 32.1. The Kier molecular flexibility index (Phi) is 3.16. The van der Waals surface area contributed by atoms with Gasteiger partial charge in [-0.25, -0.2) is 0 Å². The van der Waals surface area contributed by atoms with Gasteiger partial charge in [0.2, 0.25) is 0 Å². The Bertz CT molecular complexity index is 174. The van der Waals surface area contributed by atoms with E-state index in [9.17, 15) is 0 Å². The van der Waals surface area contributed by atoms with Crippen LogP contribution in [-0.4, -0.2) is 12.3 Å². The molecule has 0 spiro atoms. The van der Waals surface area contributed by atoms with Crippen LogP contribution in [0, 0.1) is 6.07 Å². The van der Waals surface area contributed by atoms with Crippen molar-refractivity contribution in [1.82, 2.24) is 0 Å². The van der Waals surface area contributed by atoms with E-state index in [0.717, 1.165) is 18.0 Å². The number of nitrogens with one attached hydrogen (secondary N) is 1. The third kappa shape index (κ3) is 2.31. The predicted molar refractivity (Wildman–Crippen MR) is 47.6 cm³/mol. The van der Waals surface area contributed by atoms with Crippen LogP contribution in [0.2, 0.25) is 0 Å². The molecular formula is C8H10NS. The van der Waals surface area contributed by atoms with Crippen LogP contribution in [-0.2, 0) is 0 Å². The molecule has 53 valence electrons. The van der Waals surface area contributed by atoms with Crippen LogP contribution in [0.5, 0.6) is 0 Å². The van der Waals surface area contributed by atoms with E-state index in [1.54, 1.807) is 0 Å². The minimum atomic E-state index is 0.856. The van der Waals surface area contributed by atoms with Gasteiger partial charge in [0.1, 0.15) is 0 Å². The fourth-order valence-electron chi connectivity index (χ4n) is 0.704. The van der Waals surface area contributed by atoms with E-state index in [-0.39, 0.29) is 0 Å². The van der Waals surface area contributed by atoms with Crippen LogP contribution < -0.4 is 5.32 Å². The molecule has 0 aliphatic carbocycles. The molecule has 10 heavy (non-hydrogen) atoms. The second-order valence-corrected chi connectivity index (χ2v) is 2.39. The summed E-state index contributed by atoms with van der Waals surface area (Å²) in [6.45, 7) is 0.904. The molecule has 1 rings (SSSR count). The molecular weight excluding hydrogens is 142 g/mol. The van der Waals surface area contributed by atoms with E-state index in [2.05, 4.69) is 24.0 Å². The summed E-state index contributed by atoms with van der Waals surface area (Å²) < 4.78 is 0. The van der Waals surface area contributed by atoms with Gasteiger partial charge in [-0.1, -0.05) is 12.1 Å². The molecule has 0 unspecified atom stereocenters. The molecule has 1 aromatic rings. The van der Waals surface area contributed by atoms with Gasteiger partial charge in [-0.2, -0.15) is 12.6 Å². The lowest BCUT2D eigenvalue weighted by atomic mass is 10.3. The molecule has 0 aromatic heterocycles. The second kappa shape index (κ2) is 4.23. The number of thiol groups is 1. The first-order valence-corrected chi connectivity index (χ1v) is 3.87. The molecule has 0 saturated carbocycles. The Morgan fingerprint density at radius 2 is 2.50 bits per heavy atom. The number of hydrogen-bond acceptors (Lipinski definition) is 2. The highest BCUT2D eigenvalue weighted by Crippen LogP contribution is 2.02. The van der Waals surface area contributed by atoms with E-state index in [0.29, 0.717) is 0 Å². The Balaban J connectivity index is 2.43. The zero-order valence-corrected chi connectivity index (χ0v) is 6.57. The lowest BCUT2D eigenvalue weighted by Gasteiger charge is -2.01. The van der Waals surface area contributed by atoms with Gasteiger partial charge in [0, 0.05) is 18.0 Å². The molecule has 1 N–H and O–H groups in total. The van der Waals surface area contributed by atoms with Gasteiger partial charge >= 0.3 is 0 Å². The molecule has 0 fully saturated rings. The Hall–Kier alpha value is -0.630. The lowest BCUT2D eigenvalue weighted by Crippen LogP contribution is -2.01. The van der Waals surface area contributed by atoms with Gasteiger partial charge in [0.05, 0.1) is 0 Å². The van der Waals surface area contributed by atoms with Gasteiger partial charge in [0.25, 0.3) is 0 Å². The van der Waals surface area contributed by atoms with Crippen LogP contribution in [0.1, 0.15) is 0 Å². The van der Waals surface area contributed by atoms with Crippen molar-refractivity contribution in [3.05, 3.63) is 30.3 Å². The molecule has 0 saturated heterocycles. The summed E-state index contributed by atoms with van der Waals surface area (Å²) in [6, 6.07) is 10.8. The minimum Gasteiger partial charge on any atom is -0.384 e. The van der Waals surface area contributed by atoms with Crippen LogP contribution >= 0.6 is 12.6 Å². The average Bonchev–Trinajstić information content (AvgIpc) is 2.03. The van der Waals surface area contributed by atoms with Crippen LogP contribution in [0.3, 0.4) is 0 Å². The number of hydrogen-bond donors (Lipinski definition) is 2. The highest BCUT2D eigenvalue weighted by molar-refractivity contribution is 7.80. The molecule has 1 nitrogen and oxygen atoms in total. The fourth-order valence-corrected chi connectivity index (χ4v) is 0.815. The quantitative estimate of drug-likeness (QED) is 0.630. The molecule has 2 heteroatoms. The largest absolute Gasteiger partial charge is 0.384 e. The summed E-state index contributed by atoms with van der Waals surface area (Å²) in [7, 11) is 0. The zero-order valence-electron chi connectivity index (χ0n) is 5.67. The number of anilines is 1. The summed E-state index contributed by atoms with van der Waals surface area (Å²) in [6.07, 6.45) is 0. The summed E-state index contributed by atoms with van der Waals surface area (Å²) in [5, 5.41) is 3.19. The van der Waals surface area contributed by atoms with Gasteiger partial charge < -0.3 is 5.32 Å². The topological polar surface area (TPSA) is 12.0 Å². The summed E-state index contributed by atoms with van der Waals surface area (Å²) in [5.74, 6) is 0.856. The van der Waals surface area contributed by atoms with Gasteiger partial charge in [-0.05, 0) is 18.2 Å². The van der Waals surface area contributed by atoms with Crippen LogP contribution in [0.15, 0.2) is 24.3 Å². The van der Waals surface area contributed by atoms with E-state index in [1.807, 2.05) is 24.3 Å². The molecule has 0 amide bonds. The second-order valence-electron chi connectivity index (χ2n) is 1.94. The number of rotatable bonds is 3. The SMILES string of the molecule is SCCNc1c[c]ccc1. The van der Waals surface area contributed by atoms with Gasteiger partial charge in [0.15, 0.2) is 0 Å². The van der Waals surface area contributed by atoms with Crippen molar-refractivity contribution in [2.24, 2.45) is 0 Å². The smallest absolute Gasteiger partial charge is 0.0346 e. The average molecular weight is 152 g/mol.